The first-order valence-corrected chi connectivity index (χ1v) is 10.1. The summed E-state index contributed by atoms with van der Waals surface area (Å²) in [4.78, 5) is 17.1. The first-order chi connectivity index (χ1) is 12.9. The van der Waals surface area contributed by atoms with E-state index < -0.39 is 0 Å². The zero-order valence-corrected chi connectivity index (χ0v) is 17.8. The molecule has 0 atom stereocenters. The van der Waals surface area contributed by atoms with Gasteiger partial charge >= 0.3 is 0 Å². The number of phenolic OH excluding ortho intramolecular Hbond substituents is 1. The molecule has 27 heavy (non-hydrogen) atoms. The van der Waals surface area contributed by atoms with Crippen LogP contribution in [0.1, 0.15) is 12.5 Å². The Labute approximate surface area is 178 Å². The summed E-state index contributed by atoms with van der Waals surface area (Å²) in [6.45, 7) is 2.23. The molecule has 9 heteroatoms. The highest BCUT2D eigenvalue weighted by molar-refractivity contribution is 9.10. The summed E-state index contributed by atoms with van der Waals surface area (Å²) in [6.07, 6.45) is 1.69. The minimum Gasteiger partial charge on any atom is -0.503 e. The molecule has 0 radical (unpaired) electrons. The Kier molecular flexibility index (Phi) is 6.37. The molecule has 1 heterocycles. The number of rotatable bonds is 4. The van der Waals surface area contributed by atoms with E-state index in [-0.39, 0.29) is 11.7 Å². The molecule has 0 spiro atoms. The van der Waals surface area contributed by atoms with E-state index in [0.29, 0.717) is 48.2 Å². The first kappa shape index (κ1) is 20.1. The summed E-state index contributed by atoms with van der Waals surface area (Å²) >= 11 is 16.5. The normalized spacial score (nSPS) is 16.8. The fourth-order valence-corrected chi connectivity index (χ4v) is 3.88. The Bertz CT molecular complexity index is 979. The second-order valence-electron chi connectivity index (χ2n) is 5.36. The van der Waals surface area contributed by atoms with Crippen molar-refractivity contribution in [3.05, 3.63) is 55.3 Å². The van der Waals surface area contributed by atoms with Crippen LogP contribution in [0.3, 0.4) is 0 Å². The van der Waals surface area contributed by atoms with Crippen LogP contribution in [-0.4, -0.2) is 22.8 Å². The molecule has 2 aromatic rings. The summed E-state index contributed by atoms with van der Waals surface area (Å²) < 4.78 is 5.88. The Hall–Kier alpha value is -1.67. The number of aromatic hydroxyl groups is 1. The smallest absolute Gasteiger partial charge is 0.264 e. The van der Waals surface area contributed by atoms with Gasteiger partial charge < -0.3 is 15.2 Å². The predicted octanol–water partition coefficient (Wildman–Crippen LogP) is 5.75. The molecule has 1 aliphatic rings. The van der Waals surface area contributed by atoms with Crippen molar-refractivity contribution in [3.63, 3.8) is 0 Å². The van der Waals surface area contributed by atoms with Gasteiger partial charge in [-0.2, -0.15) is 0 Å². The number of carbonyl (C=O) groups is 1. The molecule has 140 valence electrons. The molecule has 2 N–H and O–H groups in total. The quantitative estimate of drug-likeness (QED) is 0.538. The lowest BCUT2D eigenvalue weighted by Crippen LogP contribution is -2.19. The lowest BCUT2D eigenvalue weighted by atomic mass is 10.2. The molecule has 1 saturated heterocycles. The van der Waals surface area contributed by atoms with Crippen LogP contribution >= 0.6 is 50.9 Å². The highest BCUT2D eigenvalue weighted by atomic mass is 79.9. The van der Waals surface area contributed by atoms with Crippen molar-refractivity contribution >= 4 is 73.7 Å². The van der Waals surface area contributed by atoms with Gasteiger partial charge in [-0.3, -0.25) is 4.79 Å². The third-order valence-electron chi connectivity index (χ3n) is 3.43. The Morgan fingerprint density at radius 3 is 2.85 bits per heavy atom. The fourth-order valence-electron chi connectivity index (χ4n) is 2.26. The molecule has 1 aliphatic heterocycles. The van der Waals surface area contributed by atoms with Gasteiger partial charge in [0.15, 0.2) is 16.7 Å². The maximum absolute atomic E-state index is 12.3. The summed E-state index contributed by atoms with van der Waals surface area (Å²) in [6, 6.07) is 8.29. The third kappa shape index (κ3) is 4.79. The van der Waals surface area contributed by atoms with Crippen molar-refractivity contribution < 1.29 is 14.6 Å². The van der Waals surface area contributed by atoms with Crippen LogP contribution < -0.4 is 10.1 Å². The van der Waals surface area contributed by atoms with Crippen molar-refractivity contribution in [1.29, 1.82) is 0 Å². The van der Waals surface area contributed by atoms with Crippen molar-refractivity contribution in [1.82, 2.24) is 5.32 Å². The van der Waals surface area contributed by atoms with E-state index in [1.807, 2.05) is 6.92 Å². The summed E-state index contributed by atoms with van der Waals surface area (Å²) in [5.41, 5.74) is 1.17. The average molecular weight is 488 g/mol. The van der Waals surface area contributed by atoms with Crippen molar-refractivity contribution in [2.75, 3.05) is 6.61 Å². The van der Waals surface area contributed by atoms with Gasteiger partial charge in [0.05, 0.1) is 26.7 Å². The van der Waals surface area contributed by atoms with E-state index in [9.17, 15) is 9.90 Å². The van der Waals surface area contributed by atoms with E-state index in [4.69, 9.17) is 27.9 Å². The first-order valence-electron chi connectivity index (χ1n) is 7.77. The van der Waals surface area contributed by atoms with Gasteiger partial charge in [-0.05, 0) is 76.6 Å². The standard InChI is InChI=1S/C18H13BrCl2N2O3S/c1-2-26-14-6-9(5-11(19)16(14)24)7-15-17(25)23-18(27-15)22-13-8-10(20)3-4-12(13)21/h3-8,24H,2H2,1H3,(H,22,23,25)/b15-7+. The number of benzene rings is 2. The maximum Gasteiger partial charge on any atom is 0.264 e. The van der Waals surface area contributed by atoms with E-state index in [1.165, 1.54) is 11.8 Å². The van der Waals surface area contributed by atoms with E-state index in [2.05, 4.69) is 26.2 Å². The van der Waals surface area contributed by atoms with Crippen molar-refractivity contribution in [2.24, 2.45) is 4.99 Å². The molecular formula is C18H13BrCl2N2O3S. The number of hydrogen-bond donors (Lipinski definition) is 2. The van der Waals surface area contributed by atoms with Gasteiger partial charge in [-0.1, -0.05) is 23.2 Å². The molecule has 0 unspecified atom stereocenters. The summed E-state index contributed by atoms with van der Waals surface area (Å²) in [5.74, 6) is 0.0705. The molecular weight excluding hydrogens is 475 g/mol. The van der Waals surface area contributed by atoms with Crippen LogP contribution in [0.2, 0.25) is 10.0 Å². The number of ether oxygens (including phenoxy) is 1. The van der Waals surface area contributed by atoms with Gasteiger partial charge in [0.1, 0.15) is 0 Å². The number of aliphatic imine (C=N–C) groups is 1. The Morgan fingerprint density at radius 2 is 2.11 bits per heavy atom. The van der Waals surface area contributed by atoms with Gasteiger partial charge in [0.2, 0.25) is 0 Å². The minimum absolute atomic E-state index is 0.0142. The van der Waals surface area contributed by atoms with Gasteiger partial charge in [-0.15, -0.1) is 0 Å². The number of phenols is 1. The maximum atomic E-state index is 12.3. The van der Waals surface area contributed by atoms with Crippen LogP contribution in [-0.2, 0) is 4.79 Å². The van der Waals surface area contributed by atoms with Crippen LogP contribution in [0.25, 0.3) is 6.08 Å². The molecule has 3 rings (SSSR count). The second kappa shape index (κ2) is 8.56. The van der Waals surface area contributed by atoms with E-state index in [1.54, 1.807) is 36.4 Å². The number of thioether (sulfide) groups is 1. The monoisotopic (exact) mass is 486 g/mol. The fraction of sp³-hybridized carbons (Fsp3) is 0.111. The van der Waals surface area contributed by atoms with Crippen molar-refractivity contribution in [2.45, 2.75) is 6.92 Å². The molecule has 2 aromatic carbocycles. The molecule has 0 bridgehead atoms. The molecule has 1 amide bonds. The number of carbonyl (C=O) groups excluding carboxylic acids is 1. The second-order valence-corrected chi connectivity index (χ2v) is 8.09. The average Bonchev–Trinajstić information content (AvgIpc) is 2.95. The van der Waals surface area contributed by atoms with Crippen LogP contribution in [0.5, 0.6) is 11.5 Å². The number of hydrogen-bond acceptors (Lipinski definition) is 5. The van der Waals surface area contributed by atoms with Crippen LogP contribution in [0.15, 0.2) is 44.7 Å². The number of amidine groups is 1. The SMILES string of the molecule is CCOc1cc(/C=C2/SC(=Nc3cc(Cl)ccc3Cl)NC2=O)cc(Br)c1O. The topological polar surface area (TPSA) is 70.9 Å². The third-order valence-corrected chi connectivity index (χ3v) is 5.50. The largest absolute Gasteiger partial charge is 0.503 e. The van der Waals surface area contributed by atoms with Crippen LogP contribution in [0, 0.1) is 0 Å². The van der Waals surface area contributed by atoms with E-state index in [0.717, 1.165) is 0 Å². The van der Waals surface area contributed by atoms with Gasteiger partial charge in [0.25, 0.3) is 5.91 Å². The number of nitrogens with one attached hydrogen (secondary N) is 1. The molecule has 1 fully saturated rings. The minimum atomic E-state index is -0.279. The highest BCUT2D eigenvalue weighted by Gasteiger charge is 2.24. The summed E-state index contributed by atoms with van der Waals surface area (Å²) in [7, 11) is 0. The molecule has 0 aliphatic carbocycles. The lowest BCUT2D eigenvalue weighted by Gasteiger charge is -2.08. The molecule has 0 aromatic heterocycles. The Balaban J connectivity index is 1.90. The number of halogens is 3. The predicted molar refractivity (Wildman–Crippen MR) is 114 cm³/mol. The lowest BCUT2D eigenvalue weighted by molar-refractivity contribution is -0.115. The number of amides is 1. The van der Waals surface area contributed by atoms with Crippen LogP contribution in [0.4, 0.5) is 5.69 Å². The Morgan fingerprint density at radius 1 is 1.33 bits per heavy atom. The molecule has 5 nitrogen and oxygen atoms in total. The van der Waals surface area contributed by atoms with Gasteiger partial charge in [-0.25, -0.2) is 4.99 Å². The summed E-state index contributed by atoms with van der Waals surface area (Å²) in [5, 5.41) is 14.0. The van der Waals surface area contributed by atoms with Crippen molar-refractivity contribution in [3.8, 4) is 11.5 Å². The molecule has 0 saturated carbocycles. The number of nitrogens with zero attached hydrogens (tertiary/aromatic N) is 1. The highest BCUT2D eigenvalue weighted by Crippen LogP contribution is 2.37. The van der Waals surface area contributed by atoms with E-state index >= 15 is 0 Å². The van der Waals surface area contributed by atoms with Gasteiger partial charge in [0, 0.05) is 5.02 Å². The zero-order chi connectivity index (χ0) is 19.6. The zero-order valence-electron chi connectivity index (χ0n) is 13.9.